The van der Waals surface area contributed by atoms with Gasteiger partial charge in [-0.05, 0) is 64.7 Å². The highest BCUT2D eigenvalue weighted by Gasteiger charge is 2.40. The topological polar surface area (TPSA) is 109 Å². The Morgan fingerprint density at radius 3 is 3.03 bits per heavy atom. The fourth-order valence-corrected chi connectivity index (χ4v) is 5.06. The van der Waals surface area contributed by atoms with Crippen molar-refractivity contribution in [2.45, 2.75) is 82.3 Å². The van der Waals surface area contributed by atoms with Crippen LogP contribution in [0.1, 0.15) is 74.7 Å². The number of rotatable bonds is 5. The number of nitrogens with one attached hydrogen (secondary N) is 3. The highest BCUT2D eigenvalue weighted by Crippen LogP contribution is 2.38. The first-order valence-corrected chi connectivity index (χ1v) is 11.7. The first-order chi connectivity index (χ1) is 15.6. The van der Waals surface area contributed by atoms with Gasteiger partial charge in [0.25, 0.3) is 0 Å². The first-order valence-electron chi connectivity index (χ1n) is 11.7. The van der Waals surface area contributed by atoms with Gasteiger partial charge in [0, 0.05) is 41.2 Å². The molecule has 32 heavy (non-hydrogen) atoms. The van der Waals surface area contributed by atoms with Crippen molar-refractivity contribution in [2.75, 3.05) is 5.32 Å². The van der Waals surface area contributed by atoms with Crippen LogP contribution in [0, 0.1) is 0 Å². The Morgan fingerprint density at radius 2 is 2.16 bits per heavy atom. The summed E-state index contributed by atoms with van der Waals surface area (Å²) in [5.41, 5.74) is 4.56. The summed E-state index contributed by atoms with van der Waals surface area (Å²) < 4.78 is 7.59. The van der Waals surface area contributed by atoms with Crippen molar-refractivity contribution < 1.29 is 9.53 Å². The molecular weight excluding hydrogens is 406 g/mol. The molecule has 3 aliphatic rings. The summed E-state index contributed by atoms with van der Waals surface area (Å²) in [5.74, 6) is 1.84. The van der Waals surface area contributed by atoms with E-state index in [0.717, 1.165) is 67.8 Å². The van der Waals surface area contributed by atoms with Crippen LogP contribution in [0.15, 0.2) is 18.5 Å². The number of aryl methyl sites for hydroxylation is 2. The van der Waals surface area contributed by atoms with E-state index in [1.54, 1.807) is 6.20 Å². The number of alkyl carbamates (subject to hydrolysis) is 1. The molecule has 0 aromatic carbocycles. The molecule has 0 saturated heterocycles. The minimum atomic E-state index is -0.286. The molecule has 9 nitrogen and oxygen atoms in total. The van der Waals surface area contributed by atoms with E-state index in [4.69, 9.17) is 9.84 Å². The monoisotopic (exact) mass is 435 g/mol. The number of nitrogens with zero attached hydrogens (tertiary/aromatic N) is 4. The number of anilines is 2. The summed E-state index contributed by atoms with van der Waals surface area (Å²) in [6.45, 7) is 2.06. The van der Waals surface area contributed by atoms with Crippen molar-refractivity contribution in [1.29, 1.82) is 0 Å². The van der Waals surface area contributed by atoms with Crippen LogP contribution in [-0.2, 0) is 17.6 Å². The number of carbonyl (C=O) groups excluding carboxylic acids is 1. The Morgan fingerprint density at radius 1 is 1.28 bits per heavy atom. The van der Waals surface area contributed by atoms with E-state index in [0.29, 0.717) is 5.92 Å². The lowest BCUT2D eigenvalue weighted by atomic mass is 9.97. The molecule has 2 atom stereocenters. The molecule has 3 aromatic heterocycles. The predicted molar refractivity (Wildman–Crippen MR) is 119 cm³/mol. The summed E-state index contributed by atoms with van der Waals surface area (Å²) in [7, 11) is 0. The van der Waals surface area contributed by atoms with Gasteiger partial charge in [-0.3, -0.25) is 5.10 Å². The minimum Gasteiger partial charge on any atom is -0.446 e. The van der Waals surface area contributed by atoms with Crippen molar-refractivity contribution in [2.24, 2.45) is 0 Å². The van der Waals surface area contributed by atoms with E-state index < -0.39 is 0 Å². The molecule has 3 aliphatic carbocycles. The van der Waals surface area contributed by atoms with E-state index in [9.17, 15) is 4.79 Å². The fourth-order valence-electron chi connectivity index (χ4n) is 5.06. The maximum absolute atomic E-state index is 12.1. The van der Waals surface area contributed by atoms with Gasteiger partial charge in [-0.1, -0.05) is 0 Å². The van der Waals surface area contributed by atoms with Gasteiger partial charge in [0.05, 0.1) is 5.69 Å². The third-order valence-corrected chi connectivity index (χ3v) is 7.16. The second-order valence-corrected chi connectivity index (χ2v) is 9.76. The van der Waals surface area contributed by atoms with Gasteiger partial charge in [0.1, 0.15) is 11.6 Å². The van der Waals surface area contributed by atoms with E-state index in [-0.39, 0.29) is 17.7 Å². The number of H-pyrrole nitrogens is 1. The SMILES string of the molecule is CC1(NC(=O)OC2CCC(c3cc(Nc4nccn5nc6c(c45)CCCC6)n[nH]3)C2)CC1. The fraction of sp³-hybridized carbons (Fsp3) is 0.565. The number of aromatic amines is 1. The van der Waals surface area contributed by atoms with Crippen LogP contribution in [0.3, 0.4) is 0 Å². The Hall–Kier alpha value is -3.10. The smallest absolute Gasteiger partial charge is 0.407 e. The van der Waals surface area contributed by atoms with Crippen LogP contribution >= 0.6 is 0 Å². The second kappa shape index (κ2) is 7.50. The molecule has 0 bridgehead atoms. The molecule has 0 radical (unpaired) electrons. The number of hydrogen-bond donors (Lipinski definition) is 3. The summed E-state index contributed by atoms with van der Waals surface area (Å²) in [4.78, 5) is 16.7. The molecule has 2 saturated carbocycles. The van der Waals surface area contributed by atoms with Crippen LogP contribution in [0.4, 0.5) is 16.4 Å². The van der Waals surface area contributed by atoms with Gasteiger partial charge in [-0.2, -0.15) is 10.2 Å². The van der Waals surface area contributed by atoms with Gasteiger partial charge in [-0.15, -0.1) is 0 Å². The van der Waals surface area contributed by atoms with Crippen LogP contribution < -0.4 is 10.6 Å². The van der Waals surface area contributed by atoms with Crippen molar-refractivity contribution in [1.82, 2.24) is 30.1 Å². The number of ether oxygens (including phenoxy) is 1. The lowest BCUT2D eigenvalue weighted by Gasteiger charge is -2.16. The quantitative estimate of drug-likeness (QED) is 0.559. The number of amides is 1. The lowest BCUT2D eigenvalue weighted by Crippen LogP contribution is -2.36. The van der Waals surface area contributed by atoms with Crippen LogP contribution in [0.5, 0.6) is 0 Å². The maximum Gasteiger partial charge on any atom is 0.407 e. The molecule has 0 aliphatic heterocycles. The zero-order valence-corrected chi connectivity index (χ0v) is 18.4. The predicted octanol–water partition coefficient (Wildman–Crippen LogP) is 3.99. The standard InChI is InChI=1S/C23H29N7O2/c1-23(8-9-23)26-22(31)32-15-7-6-14(12-15)18-13-19(28-27-18)25-21-20-16-4-2-3-5-17(16)29-30(20)11-10-24-21/h10-11,13-15H,2-9,12H2,1H3,(H,26,31)(H2,24,25,27,28). The highest BCUT2D eigenvalue weighted by atomic mass is 16.6. The van der Waals surface area contributed by atoms with Crippen LogP contribution in [0.2, 0.25) is 0 Å². The van der Waals surface area contributed by atoms with Gasteiger partial charge < -0.3 is 15.4 Å². The molecule has 3 aromatic rings. The molecule has 3 N–H and O–H groups in total. The number of aromatic nitrogens is 5. The number of carbonyl (C=O) groups is 1. The van der Waals surface area contributed by atoms with E-state index in [2.05, 4.69) is 32.7 Å². The maximum atomic E-state index is 12.1. The van der Waals surface area contributed by atoms with Crippen molar-refractivity contribution in [3.63, 3.8) is 0 Å². The van der Waals surface area contributed by atoms with Gasteiger partial charge in [-0.25, -0.2) is 14.3 Å². The Balaban J connectivity index is 1.13. The molecule has 0 spiro atoms. The molecule has 9 heteroatoms. The third-order valence-electron chi connectivity index (χ3n) is 7.16. The van der Waals surface area contributed by atoms with E-state index in [1.165, 1.54) is 24.1 Å². The Bertz CT molecular complexity index is 1160. The number of hydrogen-bond acceptors (Lipinski definition) is 6. The Kier molecular flexibility index (Phi) is 4.58. The summed E-state index contributed by atoms with van der Waals surface area (Å²) in [6.07, 6.45) is 12.5. The van der Waals surface area contributed by atoms with Gasteiger partial charge in [0.15, 0.2) is 11.6 Å². The molecular formula is C23H29N7O2. The third kappa shape index (κ3) is 3.69. The zero-order chi connectivity index (χ0) is 21.7. The Labute approximate surface area is 186 Å². The average molecular weight is 436 g/mol. The molecule has 2 fully saturated rings. The zero-order valence-electron chi connectivity index (χ0n) is 18.4. The molecule has 3 heterocycles. The van der Waals surface area contributed by atoms with Crippen molar-refractivity contribution in [3.05, 3.63) is 35.4 Å². The van der Waals surface area contributed by atoms with Crippen LogP contribution in [-0.4, -0.2) is 42.5 Å². The average Bonchev–Trinajstić information content (AvgIpc) is 3.19. The molecule has 168 valence electrons. The lowest BCUT2D eigenvalue weighted by molar-refractivity contribution is 0.0967. The molecule has 6 rings (SSSR count). The summed E-state index contributed by atoms with van der Waals surface area (Å²) in [6, 6.07) is 2.05. The van der Waals surface area contributed by atoms with E-state index >= 15 is 0 Å². The van der Waals surface area contributed by atoms with E-state index in [1.807, 2.05) is 16.8 Å². The first kappa shape index (κ1) is 19.6. The van der Waals surface area contributed by atoms with Crippen molar-refractivity contribution in [3.8, 4) is 0 Å². The number of fused-ring (bicyclic) bond motifs is 3. The van der Waals surface area contributed by atoms with Crippen LogP contribution in [0.25, 0.3) is 5.52 Å². The molecule has 1 amide bonds. The van der Waals surface area contributed by atoms with Gasteiger partial charge in [0.2, 0.25) is 0 Å². The van der Waals surface area contributed by atoms with Gasteiger partial charge >= 0.3 is 6.09 Å². The largest absolute Gasteiger partial charge is 0.446 e. The minimum absolute atomic E-state index is 0.0456. The highest BCUT2D eigenvalue weighted by molar-refractivity contribution is 5.76. The second-order valence-electron chi connectivity index (χ2n) is 9.76. The molecule has 2 unspecified atom stereocenters. The summed E-state index contributed by atoms with van der Waals surface area (Å²) >= 11 is 0. The summed E-state index contributed by atoms with van der Waals surface area (Å²) in [5, 5.41) is 18.8. The normalized spacial score (nSPS) is 23.7. The van der Waals surface area contributed by atoms with Crippen molar-refractivity contribution >= 4 is 23.2 Å².